The van der Waals surface area contributed by atoms with Crippen molar-refractivity contribution in [3.63, 3.8) is 0 Å². The number of amides is 1. The van der Waals surface area contributed by atoms with E-state index < -0.39 is 0 Å². The molecule has 2 atom stereocenters. The first-order valence-corrected chi connectivity index (χ1v) is 12.2. The van der Waals surface area contributed by atoms with Crippen molar-refractivity contribution in [1.29, 1.82) is 0 Å². The minimum absolute atomic E-state index is 0.00127. The molecule has 2 unspecified atom stereocenters. The standard InChI is InChI=1S/C25H26BrN7O/c1-16-5-8-22(33-29-9-10-30-33)20(12-16)24(34)32-11-3-4-17(2)23(32)15-28-25-27-14-18-13-19(26)6-7-21(18)31-25/h5-10,12-14,17,23H,3-4,11,15H2,1-2H3,(H,27,28,31). The van der Waals surface area contributed by atoms with Crippen LogP contribution < -0.4 is 5.32 Å². The molecular formula is C25H26BrN7O. The quantitative estimate of drug-likeness (QED) is 0.413. The van der Waals surface area contributed by atoms with Gasteiger partial charge in [0.05, 0.1) is 35.2 Å². The molecule has 2 aromatic carbocycles. The molecule has 34 heavy (non-hydrogen) atoms. The van der Waals surface area contributed by atoms with Crippen molar-refractivity contribution in [2.75, 3.05) is 18.4 Å². The number of anilines is 1. The fourth-order valence-electron chi connectivity index (χ4n) is 4.59. The van der Waals surface area contributed by atoms with E-state index in [1.807, 2.05) is 54.4 Å². The molecule has 2 aromatic heterocycles. The van der Waals surface area contributed by atoms with Gasteiger partial charge in [-0.2, -0.15) is 15.0 Å². The molecule has 5 rings (SSSR count). The van der Waals surface area contributed by atoms with Crippen LogP contribution in [0.2, 0.25) is 0 Å². The predicted molar refractivity (Wildman–Crippen MR) is 135 cm³/mol. The molecule has 1 saturated heterocycles. The van der Waals surface area contributed by atoms with E-state index in [0.29, 0.717) is 36.2 Å². The van der Waals surface area contributed by atoms with Crippen LogP contribution in [0.4, 0.5) is 5.95 Å². The summed E-state index contributed by atoms with van der Waals surface area (Å²) in [7, 11) is 0. The van der Waals surface area contributed by atoms with Gasteiger partial charge in [0.15, 0.2) is 0 Å². The van der Waals surface area contributed by atoms with Crippen molar-refractivity contribution in [2.45, 2.75) is 32.7 Å². The number of aromatic nitrogens is 5. The summed E-state index contributed by atoms with van der Waals surface area (Å²) >= 11 is 3.48. The Morgan fingerprint density at radius 1 is 1.18 bits per heavy atom. The van der Waals surface area contributed by atoms with Gasteiger partial charge in [-0.1, -0.05) is 34.5 Å². The number of likely N-dealkylation sites (tertiary alicyclic amines) is 1. The molecule has 0 radical (unpaired) electrons. The van der Waals surface area contributed by atoms with E-state index in [9.17, 15) is 4.79 Å². The van der Waals surface area contributed by atoms with Crippen LogP contribution in [0.1, 0.15) is 35.7 Å². The molecule has 1 N–H and O–H groups in total. The third-order valence-corrected chi connectivity index (χ3v) is 6.90. The molecule has 0 saturated carbocycles. The average Bonchev–Trinajstić information content (AvgIpc) is 3.37. The Labute approximate surface area is 206 Å². The van der Waals surface area contributed by atoms with Crippen molar-refractivity contribution in [3.05, 3.63) is 70.6 Å². The van der Waals surface area contributed by atoms with Crippen molar-refractivity contribution < 1.29 is 4.79 Å². The van der Waals surface area contributed by atoms with Crippen molar-refractivity contribution in [3.8, 4) is 5.69 Å². The zero-order valence-electron chi connectivity index (χ0n) is 19.1. The van der Waals surface area contributed by atoms with Crippen LogP contribution in [0.15, 0.2) is 59.5 Å². The van der Waals surface area contributed by atoms with Gasteiger partial charge in [0.1, 0.15) is 0 Å². The third-order valence-electron chi connectivity index (χ3n) is 6.40. The molecule has 174 valence electrons. The number of benzene rings is 2. The number of aryl methyl sites for hydroxylation is 1. The molecule has 1 amide bonds. The highest BCUT2D eigenvalue weighted by Crippen LogP contribution is 2.27. The summed E-state index contributed by atoms with van der Waals surface area (Å²) < 4.78 is 0.996. The normalized spacial score (nSPS) is 18.3. The second-order valence-corrected chi connectivity index (χ2v) is 9.72. The van der Waals surface area contributed by atoms with E-state index in [1.54, 1.807) is 12.4 Å². The highest BCUT2D eigenvalue weighted by atomic mass is 79.9. The van der Waals surface area contributed by atoms with E-state index in [-0.39, 0.29) is 11.9 Å². The van der Waals surface area contributed by atoms with Crippen LogP contribution in [0.5, 0.6) is 0 Å². The van der Waals surface area contributed by atoms with Gasteiger partial charge in [-0.05, 0) is 56.0 Å². The first-order chi connectivity index (χ1) is 16.5. The Balaban J connectivity index is 1.40. The number of halogens is 1. The summed E-state index contributed by atoms with van der Waals surface area (Å²) in [5, 5.41) is 12.9. The number of hydrogen-bond acceptors (Lipinski definition) is 6. The minimum Gasteiger partial charge on any atom is -0.352 e. The van der Waals surface area contributed by atoms with Gasteiger partial charge >= 0.3 is 0 Å². The number of piperidine rings is 1. The van der Waals surface area contributed by atoms with Crippen LogP contribution in [0.3, 0.4) is 0 Å². The van der Waals surface area contributed by atoms with Crippen LogP contribution in [-0.2, 0) is 0 Å². The number of rotatable bonds is 5. The van der Waals surface area contributed by atoms with Gasteiger partial charge in [0.2, 0.25) is 5.95 Å². The Hall–Kier alpha value is -3.33. The molecule has 3 heterocycles. The Kier molecular flexibility index (Phi) is 6.28. The molecule has 1 aliphatic rings. The molecule has 8 nitrogen and oxygen atoms in total. The maximum atomic E-state index is 13.8. The lowest BCUT2D eigenvalue weighted by atomic mass is 9.90. The third kappa shape index (κ3) is 4.52. The Morgan fingerprint density at radius 2 is 2.00 bits per heavy atom. The molecule has 1 fully saturated rings. The second-order valence-electron chi connectivity index (χ2n) is 8.80. The first-order valence-electron chi connectivity index (χ1n) is 11.4. The number of fused-ring (bicyclic) bond motifs is 1. The number of carbonyl (C=O) groups is 1. The maximum absolute atomic E-state index is 13.8. The maximum Gasteiger partial charge on any atom is 0.256 e. The van der Waals surface area contributed by atoms with Crippen LogP contribution in [0.25, 0.3) is 16.6 Å². The summed E-state index contributed by atoms with van der Waals surface area (Å²) in [4.78, 5) is 26.5. The number of carbonyl (C=O) groups excluding carboxylic acids is 1. The smallest absolute Gasteiger partial charge is 0.256 e. The summed E-state index contributed by atoms with van der Waals surface area (Å²) in [6, 6.07) is 11.8. The summed E-state index contributed by atoms with van der Waals surface area (Å²) in [5.41, 5.74) is 3.20. The highest BCUT2D eigenvalue weighted by molar-refractivity contribution is 9.10. The zero-order chi connectivity index (χ0) is 23.7. The summed E-state index contributed by atoms with van der Waals surface area (Å²) in [6.45, 7) is 5.49. The number of nitrogens with one attached hydrogen (secondary N) is 1. The van der Waals surface area contributed by atoms with Gasteiger partial charge in [0, 0.05) is 29.1 Å². The zero-order valence-corrected chi connectivity index (χ0v) is 20.7. The first kappa shape index (κ1) is 22.5. The fraction of sp³-hybridized carbons (Fsp3) is 0.320. The van der Waals surface area contributed by atoms with Crippen molar-refractivity contribution >= 4 is 38.7 Å². The molecule has 0 spiro atoms. The largest absolute Gasteiger partial charge is 0.352 e. The molecule has 9 heteroatoms. The van der Waals surface area contributed by atoms with E-state index >= 15 is 0 Å². The topological polar surface area (TPSA) is 88.8 Å². The van der Waals surface area contributed by atoms with E-state index in [4.69, 9.17) is 0 Å². The Bertz CT molecular complexity index is 1320. The van der Waals surface area contributed by atoms with Crippen molar-refractivity contribution in [2.24, 2.45) is 5.92 Å². The molecule has 1 aliphatic heterocycles. The minimum atomic E-state index is -0.00127. The molecule has 0 aliphatic carbocycles. The number of hydrogen-bond donors (Lipinski definition) is 1. The fourth-order valence-corrected chi connectivity index (χ4v) is 4.97. The van der Waals surface area contributed by atoms with Crippen LogP contribution >= 0.6 is 15.9 Å². The number of nitrogens with zero attached hydrogens (tertiary/aromatic N) is 6. The highest BCUT2D eigenvalue weighted by Gasteiger charge is 2.33. The lowest BCUT2D eigenvalue weighted by molar-refractivity contribution is 0.0539. The second kappa shape index (κ2) is 9.50. The molecule has 4 aromatic rings. The average molecular weight is 520 g/mol. The van der Waals surface area contributed by atoms with E-state index in [0.717, 1.165) is 33.8 Å². The molecule has 0 bridgehead atoms. The van der Waals surface area contributed by atoms with Gasteiger partial charge in [-0.3, -0.25) is 4.79 Å². The summed E-state index contributed by atoms with van der Waals surface area (Å²) in [5.74, 6) is 0.910. The summed E-state index contributed by atoms with van der Waals surface area (Å²) in [6.07, 6.45) is 7.10. The van der Waals surface area contributed by atoms with Gasteiger partial charge in [0.25, 0.3) is 5.91 Å². The lowest BCUT2D eigenvalue weighted by Gasteiger charge is -2.40. The lowest BCUT2D eigenvalue weighted by Crippen LogP contribution is -2.51. The van der Waals surface area contributed by atoms with Gasteiger partial charge in [-0.25, -0.2) is 9.97 Å². The van der Waals surface area contributed by atoms with Gasteiger partial charge in [-0.15, -0.1) is 0 Å². The van der Waals surface area contributed by atoms with Crippen LogP contribution in [0, 0.1) is 12.8 Å². The van der Waals surface area contributed by atoms with E-state index in [1.165, 1.54) is 4.80 Å². The monoisotopic (exact) mass is 519 g/mol. The van der Waals surface area contributed by atoms with Crippen molar-refractivity contribution in [1.82, 2.24) is 29.9 Å². The van der Waals surface area contributed by atoms with Crippen LogP contribution in [-0.4, -0.2) is 54.9 Å². The van der Waals surface area contributed by atoms with Gasteiger partial charge < -0.3 is 10.2 Å². The SMILES string of the molecule is Cc1ccc(-n2nccn2)c(C(=O)N2CCCC(C)C2CNc2ncc3cc(Br)ccc3n2)c1. The molecular weight excluding hydrogens is 494 g/mol. The predicted octanol–water partition coefficient (Wildman–Crippen LogP) is 4.63. The van der Waals surface area contributed by atoms with E-state index in [2.05, 4.69) is 48.3 Å². The Morgan fingerprint density at radius 3 is 2.82 bits per heavy atom.